The third kappa shape index (κ3) is 5.00. The van der Waals surface area contributed by atoms with Gasteiger partial charge in [-0.25, -0.2) is 9.59 Å². The zero-order chi connectivity index (χ0) is 25.9. The summed E-state index contributed by atoms with van der Waals surface area (Å²) in [5, 5.41) is 2.33. The van der Waals surface area contributed by atoms with Crippen LogP contribution in [0.1, 0.15) is 42.9 Å². The Morgan fingerprint density at radius 2 is 1.78 bits per heavy atom. The highest BCUT2D eigenvalue weighted by molar-refractivity contribution is 6.00. The summed E-state index contributed by atoms with van der Waals surface area (Å²) in [6, 6.07) is 14.3. The molecular formula is C28H28N4O5. The molecule has 3 aromatic rings. The summed E-state index contributed by atoms with van der Waals surface area (Å²) in [6.45, 7) is 1.39. The highest BCUT2D eigenvalue weighted by atomic mass is 16.6. The van der Waals surface area contributed by atoms with Crippen LogP contribution in [0, 0.1) is 17.8 Å². The lowest BCUT2D eigenvalue weighted by Crippen LogP contribution is -2.44. The molecule has 1 aromatic heterocycles. The minimum atomic E-state index is -0.733. The van der Waals surface area contributed by atoms with Crippen molar-refractivity contribution in [1.29, 1.82) is 0 Å². The first-order valence-corrected chi connectivity index (χ1v) is 12.4. The molecule has 37 heavy (non-hydrogen) atoms. The van der Waals surface area contributed by atoms with Gasteiger partial charge in [0.25, 0.3) is 0 Å². The number of aromatic nitrogens is 2. The van der Waals surface area contributed by atoms with Gasteiger partial charge in [0.15, 0.2) is 0 Å². The smallest absolute Gasteiger partial charge is 0.410 e. The molecule has 0 saturated carbocycles. The molecule has 1 unspecified atom stereocenters. The maximum Gasteiger partial charge on any atom is 0.410 e. The predicted molar refractivity (Wildman–Crippen MR) is 136 cm³/mol. The minimum absolute atomic E-state index is 0.114. The number of para-hydroxylation sites is 1. The minimum Gasteiger partial charge on any atom is -0.445 e. The zero-order valence-corrected chi connectivity index (χ0v) is 20.6. The average Bonchev–Trinajstić information content (AvgIpc) is 3.17. The van der Waals surface area contributed by atoms with Crippen molar-refractivity contribution in [3.63, 3.8) is 0 Å². The highest BCUT2D eigenvalue weighted by Gasteiger charge is 2.31. The number of aryl methyl sites for hydroxylation is 1. The van der Waals surface area contributed by atoms with E-state index in [1.54, 1.807) is 18.0 Å². The van der Waals surface area contributed by atoms with Gasteiger partial charge in [0, 0.05) is 32.5 Å². The summed E-state index contributed by atoms with van der Waals surface area (Å²) >= 11 is 0. The van der Waals surface area contributed by atoms with Crippen molar-refractivity contribution in [1.82, 2.24) is 19.4 Å². The second kappa shape index (κ2) is 10.3. The summed E-state index contributed by atoms with van der Waals surface area (Å²) in [5.74, 6) is 5.89. The van der Waals surface area contributed by atoms with E-state index in [4.69, 9.17) is 4.74 Å². The van der Waals surface area contributed by atoms with Crippen LogP contribution in [0.15, 0.2) is 53.3 Å². The highest BCUT2D eigenvalue weighted by Crippen LogP contribution is 2.25. The molecule has 1 atom stereocenters. The third-order valence-corrected chi connectivity index (χ3v) is 6.99. The van der Waals surface area contributed by atoms with Crippen LogP contribution < -0.4 is 11.0 Å². The van der Waals surface area contributed by atoms with Gasteiger partial charge in [0.05, 0.1) is 16.6 Å². The Morgan fingerprint density at radius 3 is 2.51 bits per heavy atom. The van der Waals surface area contributed by atoms with E-state index < -0.39 is 11.9 Å². The molecule has 0 radical (unpaired) electrons. The molecule has 1 N–H and O–H groups in total. The number of likely N-dealkylation sites (tertiary alicyclic amines) is 1. The number of imidazole rings is 1. The van der Waals surface area contributed by atoms with Crippen molar-refractivity contribution in [3.05, 3.63) is 70.1 Å². The number of carbonyl (C=O) groups is 3. The van der Waals surface area contributed by atoms with E-state index in [-0.39, 0.29) is 43.1 Å². The number of carbonyl (C=O) groups excluding carboxylic acids is 3. The maximum atomic E-state index is 13.1. The number of piperidine rings is 2. The first-order chi connectivity index (χ1) is 17.9. The topological polar surface area (TPSA) is 103 Å². The van der Waals surface area contributed by atoms with Gasteiger partial charge in [-0.15, -0.1) is 0 Å². The molecule has 3 heterocycles. The molecular weight excluding hydrogens is 472 g/mol. The van der Waals surface area contributed by atoms with Crippen LogP contribution in [0.5, 0.6) is 0 Å². The number of ether oxygens (including phenoxy) is 1. The van der Waals surface area contributed by atoms with Crippen LogP contribution in [0.4, 0.5) is 4.79 Å². The first-order valence-electron chi connectivity index (χ1n) is 12.4. The lowest BCUT2D eigenvalue weighted by atomic mass is 9.97. The van der Waals surface area contributed by atoms with Crippen molar-refractivity contribution in [3.8, 4) is 11.8 Å². The fourth-order valence-electron chi connectivity index (χ4n) is 4.97. The maximum absolute atomic E-state index is 13.1. The van der Waals surface area contributed by atoms with Crippen molar-refractivity contribution in [2.45, 2.75) is 38.3 Å². The molecule has 9 heteroatoms. The Labute approximate surface area is 214 Å². The van der Waals surface area contributed by atoms with Crippen molar-refractivity contribution < 1.29 is 19.1 Å². The van der Waals surface area contributed by atoms with Gasteiger partial charge in [0.1, 0.15) is 12.6 Å². The molecule has 2 fully saturated rings. The molecule has 0 spiro atoms. The van der Waals surface area contributed by atoms with Crippen LogP contribution in [0.2, 0.25) is 0 Å². The molecule has 2 aliphatic rings. The van der Waals surface area contributed by atoms with Gasteiger partial charge >= 0.3 is 11.8 Å². The lowest BCUT2D eigenvalue weighted by Gasteiger charge is -2.29. The number of amides is 3. The van der Waals surface area contributed by atoms with Gasteiger partial charge in [-0.3, -0.25) is 24.0 Å². The van der Waals surface area contributed by atoms with E-state index in [0.29, 0.717) is 29.7 Å². The number of hydrogen-bond acceptors (Lipinski definition) is 5. The Balaban J connectivity index is 1.28. The lowest BCUT2D eigenvalue weighted by molar-refractivity contribution is -0.135. The fourth-order valence-corrected chi connectivity index (χ4v) is 4.97. The van der Waals surface area contributed by atoms with E-state index in [1.807, 2.05) is 42.5 Å². The average molecular weight is 501 g/mol. The largest absolute Gasteiger partial charge is 0.445 e. The number of nitrogens with zero attached hydrogens (tertiary/aromatic N) is 3. The molecule has 3 amide bonds. The summed E-state index contributed by atoms with van der Waals surface area (Å²) in [6.07, 6.45) is 1.63. The van der Waals surface area contributed by atoms with E-state index in [9.17, 15) is 19.2 Å². The van der Waals surface area contributed by atoms with Crippen LogP contribution in [0.3, 0.4) is 0 Å². The Kier molecular flexibility index (Phi) is 6.82. The monoisotopic (exact) mass is 500 g/mol. The summed E-state index contributed by atoms with van der Waals surface area (Å²) in [4.78, 5) is 51.2. The quantitative estimate of drug-likeness (QED) is 0.440. The van der Waals surface area contributed by atoms with E-state index in [2.05, 4.69) is 17.2 Å². The van der Waals surface area contributed by atoms with Crippen LogP contribution in [-0.4, -0.2) is 45.0 Å². The normalized spacial score (nSPS) is 18.3. The molecule has 0 aliphatic carbocycles. The number of fused-ring (bicyclic) bond motifs is 1. The molecule has 9 nitrogen and oxygen atoms in total. The number of imide groups is 1. The zero-order valence-electron chi connectivity index (χ0n) is 20.6. The fraction of sp³-hybridized carbons (Fsp3) is 0.357. The Morgan fingerprint density at radius 1 is 1.03 bits per heavy atom. The molecule has 2 aliphatic heterocycles. The van der Waals surface area contributed by atoms with Gasteiger partial charge in [-0.2, -0.15) is 0 Å². The second-order valence-electron chi connectivity index (χ2n) is 9.42. The molecule has 0 bridgehead atoms. The summed E-state index contributed by atoms with van der Waals surface area (Å²) < 4.78 is 8.41. The SMILES string of the molecule is Cn1c(=O)n(C2CCC(=O)NC2=O)c2cccc(C#CC3CCN(C(=O)OCc4ccccc4)CC3)c21. The number of hydrogen-bond donors (Lipinski definition) is 1. The predicted octanol–water partition coefficient (Wildman–Crippen LogP) is 2.72. The molecule has 5 rings (SSSR count). The van der Waals surface area contributed by atoms with Crippen LogP contribution in [-0.2, 0) is 28.0 Å². The van der Waals surface area contributed by atoms with E-state index in [1.165, 1.54) is 9.13 Å². The van der Waals surface area contributed by atoms with Crippen molar-refractivity contribution in [2.75, 3.05) is 13.1 Å². The standard InChI is InChI=1S/C28H28N4O5/c1-30-25-21(8-5-9-22(25)32(27(30)35)23-12-13-24(33)29-26(23)34)11-10-19-14-16-31(17-15-19)28(36)37-18-20-6-3-2-4-7-20/h2-9,19,23H,12-18H2,1H3,(H,29,33,34). The summed E-state index contributed by atoms with van der Waals surface area (Å²) in [5.41, 5.74) is 2.61. The molecule has 2 aromatic carbocycles. The van der Waals surface area contributed by atoms with Crippen LogP contribution >= 0.6 is 0 Å². The molecule has 190 valence electrons. The number of benzene rings is 2. The third-order valence-electron chi connectivity index (χ3n) is 6.99. The van der Waals surface area contributed by atoms with E-state index in [0.717, 1.165) is 18.4 Å². The summed E-state index contributed by atoms with van der Waals surface area (Å²) in [7, 11) is 1.66. The second-order valence-corrected chi connectivity index (χ2v) is 9.42. The first kappa shape index (κ1) is 24.4. The van der Waals surface area contributed by atoms with Gasteiger partial charge in [-0.05, 0) is 37.0 Å². The van der Waals surface area contributed by atoms with Gasteiger partial charge < -0.3 is 9.64 Å². The van der Waals surface area contributed by atoms with Crippen molar-refractivity contribution in [2.24, 2.45) is 13.0 Å². The number of nitrogens with one attached hydrogen (secondary N) is 1. The van der Waals surface area contributed by atoms with Crippen LogP contribution in [0.25, 0.3) is 11.0 Å². The molecule has 2 saturated heterocycles. The number of rotatable bonds is 3. The van der Waals surface area contributed by atoms with E-state index >= 15 is 0 Å². The van der Waals surface area contributed by atoms with Gasteiger partial charge in [-0.1, -0.05) is 48.2 Å². The Hall–Kier alpha value is -4.32. The Bertz CT molecular complexity index is 1470. The van der Waals surface area contributed by atoms with Crippen molar-refractivity contribution >= 4 is 28.9 Å². The van der Waals surface area contributed by atoms with Gasteiger partial charge in [0.2, 0.25) is 11.8 Å².